The molecule has 14 heteroatoms. The van der Waals surface area contributed by atoms with E-state index in [9.17, 15) is 23.5 Å². The van der Waals surface area contributed by atoms with Gasteiger partial charge in [0.05, 0.1) is 5.60 Å². The third-order valence-electron chi connectivity index (χ3n) is 4.42. The van der Waals surface area contributed by atoms with E-state index in [1.54, 1.807) is 0 Å². The van der Waals surface area contributed by atoms with Gasteiger partial charge in [-0.25, -0.2) is 45.6 Å². The predicted molar refractivity (Wildman–Crippen MR) is 152 cm³/mol. The number of rotatable bonds is 10. The molecule has 2 aromatic carbocycles. The van der Waals surface area contributed by atoms with Crippen LogP contribution in [0.1, 0.15) is 49.5 Å². The lowest BCUT2D eigenvalue weighted by molar-refractivity contribution is -0.0153. The number of nitrogens with two attached hydrogens (primary N) is 2. The van der Waals surface area contributed by atoms with Gasteiger partial charge in [0.1, 0.15) is 53.8 Å². The molecule has 2 aromatic rings. The Morgan fingerprint density at radius 1 is 0.950 bits per heavy atom. The van der Waals surface area contributed by atoms with Gasteiger partial charge in [-0.05, 0) is 45.0 Å². The molecule has 0 spiro atoms. The molecule has 0 saturated carbocycles. The molecule has 0 aliphatic heterocycles. The molecule has 0 aliphatic carbocycles. The van der Waals surface area contributed by atoms with Gasteiger partial charge >= 0.3 is 12.1 Å². The van der Waals surface area contributed by atoms with Crippen molar-refractivity contribution in [1.82, 2.24) is 10.8 Å². The number of nitrogens with zero attached hydrogens (tertiary/aromatic N) is 2. The number of carbonyl (C=O) groups excluding carboxylic acids is 2. The average molecular weight is 575 g/mol. The predicted octanol–water partition coefficient (Wildman–Crippen LogP) is 4.22. The second-order valence-corrected chi connectivity index (χ2v) is 8.27. The van der Waals surface area contributed by atoms with Crippen LogP contribution in [0.3, 0.4) is 0 Å². The molecular formula is C26H44F2N6O6. The fraction of sp³-hybridized carbons (Fsp3) is 0.462. The first-order valence-electron chi connectivity index (χ1n) is 11.7. The summed E-state index contributed by atoms with van der Waals surface area (Å²) in [6.45, 7) is 8.15. The van der Waals surface area contributed by atoms with Crippen LogP contribution in [0, 0.1) is 11.6 Å². The normalized spacial score (nSPS) is 10.9. The highest BCUT2D eigenvalue weighted by atomic mass is 19.1. The van der Waals surface area contributed by atoms with E-state index in [2.05, 4.69) is 10.8 Å². The smallest absolute Gasteiger partial charge is 0.360 e. The molecule has 0 radical (unpaired) electrons. The summed E-state index contributed by atoms with van der Waals surface area (Å²) in [5.41, 5.74) is 1.00. The van der Waals surface area contributed by atoms with Gasteiger partial charge in [0.15, 0.2) is 0 Å². The number of nitrogens with one attached hydrogen (secondary N) is 2. The zero-order valence-electron chi connectivity index (χ0n) is 22.2. The summed E-state index contributed by atoms with van der Waals surface area (Å²) in [6, 6.07) is 5.13. The highest BCUT2D eigenvalue weighted by Crippen LogP contribution is 2.29. The Kier molecular flexibility index (Phi) is 17.1. The topological polar surface area (TPSA) is 165 Å². The molecule has 40 heavy (non-hydrogen) atoms. The van der Waals surface area contributed by atoms with Crippen molar-refractivity contribution in [2.45, 2.75) is 61.2 Å². The van der Waals surface area contributed by atoms with E-state index in [1.807, 2.05) is 13.8 Å². The van der Waals surface area contributed by atoms with E-state index in [-0.39, 0.29) is 50.9 Å². The summed E-state index contributed by atoms with van der Waals surface area (Å²) in [5, 5.41) is 13.6. The number of anilines is 2. The molecule has 0 aliphatic rings. The molecule has 2 rings (SSSR count). The third-order valence-corrected chi connectivity index (χ3v) is 4.42. The van der Waals surface area contributed by atoms with Crippen molar-refractivity contribution in [3.63, 3.8) is 0 Å². The standard InChI is InChI=1S/C22H30F2N6O6.C2H6.2CH4/c1-13(11-34-18-9-14(23)5-7-16(18)29(25)20(31)27-4)36-28-21(32)30(26)17-8-6-15(24)10-19(17)35-12-22(2,3)33;1-2;;/h5-10,13,33H,11-12,25-26H2,1-4H3,(H,27,31)(H,28,32);1-2H3;2*1H4/t13-;;;/m0.../s1. The summed E-state index contributed by atoms with van der Waals surface area (Å²) in [7, 11) is 1.38. The van der Waals surface area contributed by atoms with Gasteiger partial charge in [-0.1, -0.05) is 28.7 Å². The molecule has 1 atom stereocenters. The Balaban J connectivity index is 0. The first-order valence-corrected chi connectivity index (χ1v) is 11.7. The average Bonchev–Trinajstić information content (AvgIpc) is 2.88. The van der Waals surface area contributed by atoms with Gasteiger partial charge in [0.2, 0.25) is 0 Å². The fourth-order valence-electron chi connectivity index (χ4n) is 2.64. The maximum Gasteiger partial charge on any atom is 0.360 e. The summed E-state index contributed by atoms with van der Waals surface area (Å²) in [5.74, 6) is 10.2. The van der Waals surface area contributed by atoms with E-state index in [4.69, 9.17) is 26.0 Å². The largest absolute Gasteiger partial charge is 0.488 e. The minimum Gasteiger partial charge on any atom is -0.488 e. The van der Waals surface area contributed by atoms with Gasteiger partial charge in [-0.3, -0.25) is 4.84 Å². The fourth-order valence-corrected chi connectivity index (χ4v) is 2.64. The van der Waals surface area contributed by atoms with Crippen molar-refractivity contribution in [2.75, 3.05) is 30.3 Å². The molecule has 0 saturated heterocycles. The first-order chi connectivity index (χ1) is 17.8. The lowest BCUT2D eigenvalue weighted by atomic mass is 10.2. The van der Waals surface area contributed by atoms with Crippen LogP contribution in [0.5, 0.6) is 11.5 Å². The number of hydrogen-bond donors (Lipinski definition) is 5. The molecule has 0 fully saturated rings. The lowest BCUT2D eigenvalue weighted by Crippen LogP contribution is -2.46. The number of carbonyl (C=O) groups is 2. The molecule has 0 unspecified atom stereocenters. The van der Waals surface area contributed by atoms with Crippen molar-refractivity contribution in [1.29, 1.82) is 0 Å². The quantitative estimate of drug-likeness (QED) is 0.160. The van der Waals surface area contributed by atoms with Gasteiger partial charge in [0.25, 0.3) is 0 Å². The highest BCUT2D eigenvalue weighted by Gasteiger charge is 2.22. The zero-order chi connectivity index (χ0) is 29.0. The molecular weight excluding hydrogens is 530 g/mol. The van der Waals surface area contributed by atoms with E-state index in [0.29, 0.717) is 5.01 Å². The minimum atomic E-state index is -1.22. The number of aliphatic hydroxyl groups is 1. The van der Waals surface area contributed by atoms with E-state index in [0.717, 1.165) is 29.3 Å². The Morgan fingerprint density at radius 2 is 1.40 bits per heavy atom. The number of amides is 4. The number of hydroxylamine groups is 1. The van der Waals surface area contributed by atoms with Crippen molar-refractivity contribution >= 4 is 23.4 Å². The zero-order valence-corrected chi connectivity index (χ0v) is 22.2. The summed E-state index contributed by atoms with van der Waals surface area (Å²) in [4.78, 5) is 29.5. The summed E-state index contributed by atoms with van der Waals surface area (Å²) in [6.07, 6.45) is -0.774. The third kappa shape index (κ3) is 12.0. The van der Waals surface area contributed by atoms with Crippen LogP contribution < -0.4 is 42.0 Å². The number of ether oxygens (including phenoxy) is 2. The molecule has 0 aromatic heterocycles. The van der Waals surface area contributed by atoms with Crippen LogP contribution in [-0.4, -0.2) is 49.1 Å². The van der Waals surface area contributed by atoms with Gasteiger partial charge in [0, 0.05) is 19.2 Å². The highest BCUT2D eigenvalue weighted by molar-refractivity contribution is 5.92. The SMILES string of the molecule is C.C.CC.CNC(=O)N(N)c1ccc(F)cc1OC[C@H](C)ONC(=O)N(N)c1ccc(F)cc1OCC(C)(C)O. The second-order valence-electron chi connectivity index (χ2n) is 8.27. The lowest BCUT2D eigenvalue weighted by Gasteiger charge is -2.24. The van der Waals surface area contributed by atoms with Gasteiger partial charge in [-0.2, -0.15) is 0 Å². The Morgan fingerprint density at radius 3 is 1.85 bits per heavy atom. The molecule has 7 N–H and O–H groups in total. The van der Waals surface area contributed by atoms with Crippen LogP contribution in [0.25, 0.3) is 0 Å². The summed E-state index contributed by atoms with van der Waals surface area (Å²) >= 11 is 0. The number of hydrazine groups is 2. The first kappa shape index (κ1) is 38.4. The van der Waals surface area contributed by atoms with Crippen molar-refractivity contribution in [3.8, 4) is 11.5 Å². The van der Waals surface area contributed by atoms with E-state index >= 15 is 0 Å². The Bertz CT molecular complexity index is 1070. The monoisotopic (exact) mass is 574 g/mol. The van der Waals surface area contributed by atoms with Gasteiger partial charge in [-0.15, -0.1) is 0 Å². The Hall–Kier alpha value is -3.72. The molecule has 0 heterocycles. The number of urea groups is 2. The maximum atomic E-state index is 13.7. The van der Waals surface area contributed by atoms with E-state index in [1.165, 1.54) is 40.0 Å². The minimum absolute atomic E-state index is 0. The number of halogens is 2. The molecule has 228 valence electrons. The van der Waals surface area contributed by atoms with Gasteiger partial charge < -0.3 is 19.9 Å². The van der Waals surface area contributed by atoms with Crippen LogP contribution in [-0.2, 0) is 4.84 Å². The molecule has 0 bridgehead atoms. The van der Waals surface area contributed by atoms with Crippen molar-refractivity contribution in [2.24, 2.45) is 11.7 Å². The van der Waals surface area contributed by atoms with Crippen LogP contribution in [0.2, 0.25) is 0 Å². The van der Waals surface area contributed by atoms with Crippen LogP contribution in [0.15, 0.2) is 36.4 Å². The second kappa shape index (κ2) is 17.8. The molecule has 4 amide bonds. The van der Waals surface area contributed by atoms with Crippen LogP contribution in [0.4, 0.5) is 29.7 Å². The maximum absolute atomic E-state index is 13.7. The molecule has 12 nitrogen and oxygen atoms in total. The van der Waals surface area contributed by atoms with Crippen molar-refractivity contribution in [3.05, 3.63) is 48.0 Å². The van der Waals surface area contributed by atoms with Crippen molar-refractivity contribution < 1.29 is 37.8 Å². The Labute approximate surface area is 235 Å². The van der Waals surface area contributed by atoms with Crippen LogP contribution >= 0.6 is 0 Å². The number of benzene rings is 2. The summed E-state index contributed by atoms with van der Waals surface area (Å²) < 4.78 is 38.3. The number of hydrogen-bond acceptors (Lipinski definition) is 8. The van der Waals surface area contributed by atoms with E-state index < -0.39 is 35.4 Å².